The molecule has 1 aromatic rings. The van der Waals surface area contributed by atoms with Gasteiger partial charge in [0.1, 0.15) is 19.0 Å². The lowest BCUT2D eigenvalue weighted by atomic mass is 9.81. The highest BCUT2D eigenvalue weighted by molar-refractivity contribution is 5.79. The van der Waals surface area contributed by atoms with Gasteiger partial charge in [0.15, 0.2) is 6.29 Å². The quantitative estimate of drug-likeness (QED) is 0.462. The topological polar surface area (TPSA) is 81.1 Å². The average Bonchev–Trinajstić information content (AvgIpc) is 2.79. The van der Waals surface area contributed by atoms with Gasteiger partial charge in [-0.3, -0.25) is 9.69 Å². The van der Waals surface area contributed by atoms with Crippen LogP contribution in [0.25, 0.3) is 0 Å². The average molecular weight is 419 g/mol. The molecule has 0 amide bonds. The van der Waals surface area contributed by atoms with E-state index in [1.165, 1.54) is 0 Å². The third-order valence-corrected chi connectivity index (χ3v) is 6.08. The van der Waals surface area contributed by atoms with Crippen LogP contribution in [0, 0.1) is 0 Å². The van der Waals surface area contributed by atoms with Gasteiger partial charge in [-0.15, -0.1) is 0 Å². The number of aldehydes is 1. The number of carbonyl (C=O) groups excluding carboxylic acids is 1. The van der Waals surface area contributed by atoms with E-state index in [0.717, 1.165) is 76.0 Å². The number of carbonyl (C=O) groups is 1. The maximum Gasteiger partial charge on any atom is 0.214 e. The highest BCUT2D eigenvalue weighted by Crippen LogP contribution is 2.34. The Labute approximate surface area is 179 Å². The first-order chi connectivity index (χ1) is 14.5. The van der Waals surface area contributed by atoms with E-state index in [1.54, 1.807) is 12.3 Å². The minimum atomic E-state index is -0.803. The van der Waals surface area contributed by atoms with Crippen molar-refractivity contribution in [3.63, 3.8) is 0 Å². The Hall–Kier alpha value is -1.96. The number of aromatic nitrogens is 1. The van der Waals surface area contributed by atoms with Crippen LogP contribution in [0.4, 0.5) is 0 Å². The van der Waals surface area contributed by atoms with E-state index in [9.17, 15) is 9.90 Å². The van der Waals surface area contributed by atoms with Crippen molar-refractivity contribution in [2.24, 2.45) is 0 Å². The largest absolute Gasteiger partial charge is 0.487 e. The van der Waals surface area contributed by atoms with Gasteiger partial charge in [-0.1, -0.05) is 6.92 Å². The smallest absolute Gasteiger partial charge is 0.214 e. The van der Waals surface area contributed by atoms with E-state index in [4.69, 9.17) is 14.2 Å². The van der Waals surface area contributed by atoms with Gasteiger partial charge in [0, 0.05) is 25.7 Å². The summed E-state index contributed by atoms with van der Waals surface area (Å²) in [5, 5.41) is 10.7. The van der Waals surface area contributed by atoms with Gasteiger partial charge in [-0.2, -0.15) is 0 Å². The van der Waals surface area contributed by atoms with Crippen LogP contribution >= 0.6 is 0 Å². The molecule has 1 aliphatic heterocycles. The fourth-order valence-corrected chi connectivity index (χ4v) is 3.99. The molecule has 0 spiro atoms. The zero-order chi connectivity index (χ0) is 21.4. The molecule has 3 rings (SSSR count). The molecule has 7 nitrogen and oxygen atoms in total. The molecule has 1 aromatic heterocycles. The fourth-order valence-electron chi connectivity index (χ4n) is 3.99. The van der Waals surface area contributed by atoms with Gasteiger partial charge in [-0.25, -0.2) is 4.98 Å². The third kappa shape index (κ3) is 6.03. The normalized spacial score (nSPS) is 20.0. The van der Waals surface area contributed by atoms with Crippen molar-refractivity contribution in [2.75, 3.05) is 46.1 Å². The van der Waals surface area contributed by atoms with Crippen LogP contribution in [0.1, 0.15) is 56.3 Å². The summed E-state index contributed by atoms with van der Waals surface area (Å²) in [5.41, 5.74) is 1.84. The Bertz CT molecular complexity index is 741. The van der Waals surface area contributed by atoms with Crippen LogP contribution in [-0.4, -0.2) is 72.9 Å². The molecule has 2 heterocycles. The zero-order valence-electron chi connectivity index (χ0n) is 18.2. The van der Waals surface area contributed by atoms with E-state index >= 15 is 0 Å². The number of pyridine rings is 1. The van der Waals surface area contributed by atoms with Crippen molar-refractivity contribution in [2.45, 2.75) is 51.6 Å². The number of rotatable bonds is 10. The molecule has 1 atom stereocenters. The summed E-state index contributed by atoms with van der Waals surface area (Å²) in [6.45, 7) is 8.86. The molecule has 7 heteroatoms. The molecule has 30 heavy (non-hydrogen) atoms. The Kier molecular flexibility index (Phi) is 8.24. The fraction of sp³-hybridized carbons (Fsp3) is 0.652. The SMILES string of the molecule is CCC(C)(O)C1=C(COc2cnc(OCCN3CCOCC3)cc2C=O)CCCC1. The van der Waals surface area contributed by atoms with Gasteiger partial charge < -0.3 is 19.3 Å². The molecular formula is C23H34N2O5. The molecule has 1 aliphatic carbocycles. The van der Waals surface area contributed by atoms with Gasteiger partial charge in [-0.05, 0) is 50.2 Å². The number of hydrogen-bond acceptors (Lipinski definition) is 7. The third-order valence-electron chi connectivity index (χ3n) is 6.08. The van der Waals surface area contributed by atoms with Gasteiger partial charge in [0.2, 0.25) is 5.88 Å². The number of nitrogens with zero attached hydrogens (tertiary/aromatic N) is 2. The van der Waals surface area contributed by atoms with Crippen LogP contribution in [-0.2, 0) is 4.74 Å². The number of aliphatic hydroxyl groups is 1. The summed E-state index contributed by atoms with van der Waals surface area (Å²) in [7, 11) is 0. The first kappa shape index (κ1) is 22.7. The summed E-state index contributed by atoms with van der Waals surface area (Å²) in [4.78, 5) is 18.2. The maximum absolute atomic E-state index is 11.6. The number of morpholine rings is 1. The van der Waals surface area contributed by atoms with Crippen molar-refractivity contribution in [3.05, 3.63) is 29.0 Å². The van der Waals surface area contributed by atoms with Crippen molar-refractivity contribution in [3.8, 4) is 11.6 Å². The number of ether oxygens (including phenoxy) is 3. The summed E-state index contributed by atoms with van der Waals surface area (Å²) in [6, 6.07) is 1.63. The Morgan fingerprint density at radius 3 is 2.77 bits per heavy atom. The lowest BCUT2D eigenvalue weighted by Crippen LogP contribution is -2.38. The van der Waals surface area contributed by atoms with Crippen molar-refractivity contribution in [1.29, 1.82) is 0 Å². The van der Waals surface area contributed by atoms with Crippen LogP contribution in [0.15, 0.2) is 23.4 Å². The lowest BCUT2D eigenvalue weighted by molar-refractivity contribution is 0.0320. The number of hydrogen-bond donors (Lipinski definition) is 1. The summed E-state index contributed by atoms with van der Waals surface area (Å²) >= 11 is 0. The summed E-state index contributed by atoms with van der Waals surface area (Å²) < 4.78 is 17.0. The van der Waals surface area contributed by atoms with Gasteiger partial charge in [0.05, 0.1) is 30.6 Å². The van der Waals surface area contributed by atoms with Crippen LogP contribution < -0.4 is 9.47 Å². The first-order valence-electron chi connectivity index (χ1n) is 11.0. The Balaban J connectivity index is 1.60. The molecule has 1 N–H and O–H groups in total. The van der Waals surface area contributed by atoms with Crippen LogP contribution in [0.5, 0.6) is 11.6 Å². The van der Waals surface area contributed by atoms with E-state index < -0.39 is 5.60 Å². The minimum absolute atomic E-state index is 0.366. The molecule has 1 unspecified atom stereocenters. The second-order valence-corrected chi connectivity index (χ2v) is 8.19. The van der Waals surface area contributed by atoms with Crippen LogP contribution in [0.2, 0.25) is 0 Å². The summed E-state index contributed by atoms with van der Waals surface area (Å²) in [5.74, 6) is 0.864. The molecular weight excluding hydrogens is 384 g/mol. The van der Waals surface area contributed by atoms with Crippen molar-refractivity contribution >= 4 is 6.29 Å². The highest BCUT2D eigenvalue weighted by Gasteiger charge is 2.28. The molecule has 2 aliphatic rings. The molecule has 0 bridgehead atoms. The standard InChI is InChI=1S/C23H34N2O5/c1-3-23(2,27)20-7-5-4-6-18(20)17-30-21-15-24-22(14-19(21)16-26)29-13-10-25-8-11-28-12-9-25/h14-16,27H,3-13,17H2,1-2H3. The monoisotopic (exact) mass is 418 g/mol. The molecule has 1 saturated heterocycles. The first-order valence-corrected chi connectivity index (χ1v) is 11.0. The second-order valence-electron chi connectivity index (χ2n) is 8.19. The maximum atomic E-state index is 11.6. The molecule has 0 radical (unpaired) electrons. The molecule has 166 valence electrons. The minimum Gasteiger partial charge on any atom is -0.487 e. The van der Waals surface area contributed by atoms with E-state index in [0.29, 0.717) is 36.8 Å². The predicted molar refractivity (Wildman–Crippen MR) is 114 cm³/mol. The van der Waals surface area contributed by atoms with Crippen molar-refractivity contribution < 1.29 is 24.1 Å². The molecule has 0 aromatic carbocycles. The van der Waals surface area contributed by atoms with E-state index in [-0.39, 0.29) is 0 Å². The van der Waals surface area contributed by atoms with Gasteiger partial charge in [0.25, 0.3) is 0 Å². The molecule has 0 saturated carbocycles. The Morgan fingerprint density at radius 1 is 1.27 bits per heavy atom. The van der Waals surface area contributed by atoms with Crippen molar-refractivity contribution in [1.82, 2.24) is 9.88 Å². The highest BCUT2D eigenvalue weighted by atomic mass is 16.5. The van der Waals surface area contributed by atoms with E-state index in [2.05, 4.69) is 9.88 Å². The summed E-state index contributed by atoms with van der Waals surface area (Å²) in [6.07, 6.45) is 6.98. The Morgan fingerprint density at radius 2 is 2.03 bits per heavy atom. The molecule has 1 fully saturated rings. The van der Waals surface area contributed by atoms with E-state index in [1.807, 2.05) is 13.8 Å². The second kappa shape index (κ2) is 10.9. The van der Waals surface area contributed by atoms with Gasteiger partial charge >= 0.3 is 0 Å². The lowest BCUT2D eigenvalue weighted by Gasteiger charge is -2.31. The van der Waals surface area contributed by atoms with Crippen LogP contribution in [0.3, 0.4) is 0 Å². The zero-order valence-corrected chi connectivity index (χ0v) is 18.2. The predicted octanol–water partition coefficient (Wildman–Crippen LogP) is 3.02.